The molecule has 142 valence electrons. The van der Waals surface area contributed by atoms with E-state index >= 15 is 0 Å². The fourth-order valence-corrected chi connectivity index (χ4v) is 2.97. The van der Waals surface area contributed by atoms with Crippen LogP contribution in [-0.2, 0) is 17.9 Å². The molecule has 2 N–H and O–H groups in total. The van der Waals surface area contributed by atoms with Crippen LogP contribution in [0.15, 0.2) is 35.3 Å². The van der Waals surface area contributed by atoms with Crippen LogP contribution in [0, 0.1) is 6.92 Å². The number of nitrogens with zero attached hydrogens (tertiary/aromatic N) is 4. The third-order valence-corrected chi connectivity index (χ3v) is 4.17. The lowest BCUT2D eigenvalue weighted by Crippen LogP contribution is -2.42. The molecule has 1 unspecified atom stereocenters. The second-order valence-corrected chi connectivity index (χ2v) is 6.12. The number of hydrogen-bond donors (Lipinski definition) is 2. The van der Waals surface area contributed by atoms with Crippen molar-refractivity contribution in [3.8, 4) is 0 Å². The third kappa shape index (κ3) is 5.66. The number of nitrogens with one attached hydrogen (secondary N) is 2. The molecule has 0 bridgehead atoms. The molecule has 1 atom stereocenters. The summed E-state index contributed by atoms with van der Waals surface area (Å²) in [6.45, 7) is 4.81. The Morgan fingerprint density at radius 2 is 2.15 bits per heavy atom. The van der Waals surface area contributed by atoms with E-state index in [-0.39, 0.29) is 30.0 Å². The molecular weight excluding hydrogens is 443 g/mol. The van der Waals surface area contributed by atoms with Crippen LogP contribution in [0.5, 0.6) is 0 Å². The molecule has 0 saturated heterocycles. The number of guanidine groups is 1. The number of fused-ring (bicyclic) bond motifs is 1. The first kappa shape index (κ1) is 20.6. The Kier molecular flexibility index (Phi) is 8.30. The van der Waals surface area contributed by atoms with Crippen molar-refractivity contribution in [2.24, 2.45) is 4.99 Å². The van der Waals surface area contributed by atoms with Crippen molar-refractivity contribution in [1.29, 1.82) is 0 Å². The molecule has 0 spiro atoms. The van der Waals surface area contributed by atoms with E-state index < -0.39 is 0 Å². The van der Waals surface area contributed by atoms with Crippen LogP contribution in [0.3, 0.4) is 0 Å². The van der Waals surface area contributed by atoms with Crippen LogP contribution < -0.4 is 10.6 Å². The molecule has 0 saturated carbocycles. The smallest absolute Gasteiger partial charge is 0.191 e. The molecule has 1 aliphatic heterocycles. The molecule has 0 radical (unpaired) electrons. The topological polar surface area (TPSA) is 76.4 Å². The molecule has 8 heteroatoms. The van der Waals surface area contributed by atoms with E-state index in [9.17, 15) is 0 Å². The SMILES string of the molecule is CN=C(NCCOCc1ccccc1)NC1CCCn2nc(C)nc21.I. The summed E-state index contributed by atoms with van der Waals surface area (Å²) in [5.74, 6) is 2.58. The highest BCUT2D eigenvalue weighted by Crippen LogP contribution is 2.22. The minimum absolute atomic E-state index is 0. The first-order chi connectivity index (χ1) is 12.3. The second-order valence-electron chi connectivity index (χ2n) is 6.12. The van der Waals surface area contributed by atoms with Gasteiger partial charge in [-0.2, -0.15) is 5.10 Å². The van der Waals surface area contributed by atoms with Gasteiger partial charge in [0.05, 0.1) is 19.3 Å². The van der Waals surface area contributed by atoms with Crippen LogP contribution in [0.2, 0.25) is 0 Å². The first-order valence-electron chi connectivity index (χ1n) is 8.76. The third-order valence-electron chi connectivity index (χ3n) is 4.17. The predicted molar refractivity (Wildman–Crippen MR) is 113 cm³/mol. The van der Waals surface area contributed by atoms with Gasteiger partial charge in [0.15, 0.2) is 5.96 Å². The molecule has 0 amide bonds. The highest BCUT2D eigenvalue weighted by atomic mass is 127. The van der Waals surface area contributed by atoms with Crippen LogP contribution >= 0.6 is 24.0 Å². The molecule has 1 aromatic carbocycles. The van der Waals surface area contributed by atoms with E-state index in [1.165, 1.54) is 5.56 Å². The maximum atomic E-state index is 5.69. The Morgan fingerprint density at radius 1 is 1.35 bits per heavy atom. The van der Waals surface area contributed by atoms with E-state index in [0.717, 1.165) is 37.0 Å². The molecule has 2 heterocycles. The van der Waals surface area contributed by atoms with Crippen molar-refractivity contribution >= 4 is 29.9 Å². The highest BCUT2D eigenvalue weighted by molar-refractivity contribution is 14.0. The number of aliphatic imine (C=N–C) groups is 1. The van der Waals surface area contributed by atoms with E-state index in [1.807, 2.05) is 29.8 Å². The summed E-state index contributed by atoms with van der Waals surface area (Å²) in [7, 11) is 1.78. The van der Waals surface area contributed by atoms with Crippen LogP contribution in [-0.4, -0.2) is 40.9 Å². The maximum Gasteiger partial charge on any atom is 0.191 e. The molecule has 0 aliphatic carbocycles. The van der Waals surface area contributed by atoms with Crippen molar-refractivity contribution in [2.45, 2.75) is 39.0 Å². The minimum atomic E-state index is 0. The zero-order valence-corrected chi connectivity index (χ0v) is 17.6. The maximum absolute atomic E-state index is 5.69. The Morgan fingerprint density at radius 3 is 2.92 bits per heavy atom. The summed E-state index contributed by atoms with van der Waals surface area (Å²) < 4.78 is 7.69. The van der Waals surface area contributed by atoms with Crippen molar-refractivity contribution in [2.75, 3.05) is 20.2 Å². The molecule has 7 nitrogen and oxygen atoms in total. The Balaban J connectivity index is 0.00000243. The average Bonchev–Trinajstić information content (AvgIpc) is 3.02. The largest absolute Gasteiger partial charge is 0.375 e. The van der Waals surface area contributed by atoms with Crippen molar-refractivity contribution in [3.05, 3.63) is 47.5 Å². The predicted octanol–water partition coefficient (Wildman–Crippen LogP) is 2.42. The van der Waals surface area contributed by atoms with Gasteiger partial charge in [0.1, 0.15) is 11.6 Å². The van der Waals surface area contributed by atoms with Gasteiger partial charge >= 0.3 is 0 Å². The molecule has 2 aromatic rings. The number of halogens is 1. The van der Waals surface area contributed by atoms with E-state index in [2.05, 4.69) is 37.8 Å². The summed E-state index contributed by atoms with van der Waals surface area (Å²) in [6.07, 6.45) is 2.12. The molecular formula is C18H27IN6O. The summed E-state index contributed by atoms with van der Waals surface area (Å²) >= 11 is 0. The fraction of sp³-hybridized carbons (Fsp3) is 0.500. The number of aromatic nitrogens is 3. The summed E-state index contributed by atoms with van der Waals surface area (Å²) in [6, 6.07) is 10.3. The standard InChI is InChI=1S/C18H26N6O.HI/c1-14-21-17-16(9-6-11-24(17)23-14)22-18(19-2)20-10-12-25-13-15-7-4-3-5-8-15;/h3-5,7-8,16H,6,9-13H2,1-2H3,(H2,19,20,22);1H. The Hall–Kier alpha value is -1.68. The quantitative estimate of drug-likeness (QED) is 0.294. The van der Waals surface area contributed by atoms with Crippen LogP contribution in [0.25, 0.3) is 0 Å². The lowest BCUT2D eigenvalue weighted by atomic mass is 10.1. The van der Waals surface area contributed by atoms with Crippen molar-refractivity contribution in [3.63, 3.8) is 0 Å². The fourth-order valence-electron chi connectivity index (χ4n) is 2.97. The number of ether oxygens (including phenoxy) is 1. The van der Waals surface area contributed by atoms with Crippen LogP contribution in [0.4, 0.5) is 0 Å². The molecule has 26 heavy (non-hydrogen) atoms. The lowest BCUT2D eigenvalue weighted by molar-refractivity contribution is 0.125. The van der Waals surface area contributed by atoms with Gasteiger partial charge in [0.25, 0.3) is 0 Å². The monoisotopic (exact) mass is 470 g/mol. The van der Waals surface area contributed by atoms with Gasteiger partial charge in [0, 0.05) is 20.1 Å². The highest BCUT2D eigenvalue weighted by Gasteiger charge is 2.24. The summed E-state index contributed by atoms with van der Waals surface area (Å²) in [5, 5.41) is 11.2. The van der Waals surface area contributed by atoms with Crippen molar-refractivity contribution < 1.29 is 4.74 Å². The van der Waals surface area contributed by atoms with E-state index in [4.69, 9.17) is 4.74 Å². The minimum Gasteiger partial charge on any atom is -0.375 e. The molecule has 0 fully saturated rings. The molecule has 3 rings (SSSR count). The zero-order valence-electron chi connectivity index (χ0n) is 15.3. The van der Waals surface area contributed by atoms with E-state index in [1.54, 1.807) is 7.05 Å². The molecule has 1 aliphatic rings. The Labute approximate surface area is 171 Å². The van der Waals surface area contributed by atoms with E-state index in [0.29, 0.717) is 19.8 Å². The number of rotatable bonds is 6. The van der Waals surface area contributed by atoms with Gasteiger partial charge in [-0.05, 0) is 25.3 Å². The average molecular weight is 470 g/mol. The number of hydrogen-bond acceptors (Lipinski definition) is 4. The van der Waals surface area contributed by atoms with Crippen LogP contribution in [0.1, 0.15) is 36.1 Å². The summed E-state index contributed by atoms with van der Waals surface area (Å²) in [5.41, 5.74) is 1.18. The molecule has 1 aromatic heterocycles. The first-order valence-corrected chi connectivity index (χ1v) is 8.76. The summed E-state index contributed by atoms with van der Waals surface area (Å²) in [4.78, 5) is 8.84. The normalized spacial score (nSPS) is 16.5. The van der Waals surface area contributed by atoms with Crippen molar-refractivity contribution in [1.82, 2.24) is 25.4 Å². The van der Waals surface area contributed by atoms with Gasteiger partial charge in [-0.1, -0.05) is 30.3 Å². The second kappa shape index (κ2) is 10.5. The number of benzene rings is 1. The van der Waals surface area contributed by atoms with Gasteiger partial charge < -0.3 is 15.4 Å². The van der Waals surface area contributed by atoms with Gasteiger partial charge in [-0.3, -0.25) is 4.99 Å². The zero-order chi connectivity index (χ0) is 17.5. The lowest BCUT2D eigenvalue weighted by Gasteiger charge is -2.25. The van der Waals surface area contributed by atoms with Gasteiger partial charge in [-0.25, -0.2) is 9.67 Å². The van der Waals surface area contributed by atoms with Gasteiger partial charge in [-0.15, -0.1) is 24.0 Å². The Bertz CT molecular complexity index is 703. The number of aryl methyl sites for hydroxylation is 2. The van der Waals surface area contributed by atoms with Gasteiger partial charge in [0.2, 0.25) is 0 Å².